The monoisotopic (exact) mass is 319 g/mol. The van der Waals surface area contributed by atoms with Gasteiger partial charge in [-0.2, -0.15) is 4.52 Å². The molecule has 3 aromatic heterocycles. The van der Waals surface area contributed by atoms with Crippen molar-refractivity contribution in [1.29, 1.82) is 0 Å². The van der Waals surface area contributed by atoms with Crippen molar-refractivity contribution in [2.75, 3.05) is 12.8 Å². The molecule has 3 heterocycles. The lowest BCUT2D eigenvalue weighted by atomic mass is 10.3. The highest BCUT2D eigenvalue weighted by Gasteiger charge is 2.10. The van der Waals surface area contributed by atoms with E-state index in [-0.39, 0.29) is 0 Å². The quantitative estimate of drug-likeness (QED) is 0.783. The Bertz CT molecular complexity index is 755. The molecule has 0 amide bonds. The molecular weight excluding hydrogens is 310 g/mol. The van der Waals surface area contributed by atoms with Crippen LogP contribution in [-0.4, -0.2) is 26.7 Å². The van der Waals surface area contributed by atoms with Gasteiger partial charge in [0.25, 0.3) is 0 Å². The Kier molecular flexibility index (Phi) is 2.83. The van der Waals surface area contributed by atoms with Crippen molar-refractivity contribution < 1.29 is 4.74 Å². The largest absolute Gasteiger partial charge is 0.481 e. The highest BCUT2D eigenvalue weighted by Crippen LogP contribution is 2.21. The van der Waals surface area contributed by atoms with E-state index in [1.807, 2.05) is 18.2 Å². The molecule has 0 spiro atoms. The fourth-order valence-corrected chi connectivity index (χ4v) is 2.18. The molecule has 0 saturated carbocycles. The number of ether oxygens (including phenoxy) is 1. The molecule has 3 aromatic rings. The average Bonchev–Trinajstić information content (AvgIpc) is 2.83. The predicted octanol–water partition coefficient (Wildman–Crippen LogP) is 2.14. The summed E-state index contributed by atoms with van der Waals surface area (Å²) >= 11 is 3.37. The molecule has 0 atom stereocenters. The van der Waals surface area contributed by atoms with E-state index in [0.717, 1.165) is 4.47 Å². The number of pyridine rings is 2. The predicted molar refractivity (Wildman–Crippen MR) is 74.9 cm³/mol. The minimum Gasteiger partial charge on any atom is -0.481 e. The molecule has 0 radical (unpaired) electrons. The number of hydrogen-bond acceptors (Lipinski definition) is 5. The molecule has 0 fully saturated rings. The lowest BCUT2D eigenvalue weighted by Gasteiger charge is -1.99. The van der Waals surface area contributed by atoms with E-state index in [4.69, 9.17) is 10.5 Å². The third-order valence-electron chi connectivity index (χ3n) is 2.59. The smallest absolute Gasteiger partial charge is 0.213 e. The SMILES string of the molecule is COc1cccc(-c2nc3cc(Br)cc(N)n3n2)n1. The molecular formula is C12H10BrN5O. The maximum atomic E-state index is 5.89. The van der Waals surface area contributed by atoms with E-state index in [0.29, 0.717) is 28.9 Å². The standard InChI is InChI=1S/C12H10BrN5O/c1-19-11-4-2-3-8(15-11)12-16-10-6-7(13)5-9(14)18(10)17-12/h2-6H,14H2,1H3. The van der Waals surface area contributed by atoms with Crippen LogP contribution in [0.2, 0.25) is 0 Å². The molecule has 0 aromatic carbocycles. The van der Waals surface area contributed by atoms with Crippen LogP contribution in [0.1, 0.15) is 0 Å². The van der Waals surface area contributed by atoms with Crippen LogP contribution < -0.4 is 10.5 Å². The molecule has 96 valence electrons. The summed E-state index contributed by atoms with van der Waals surface area (Å²) in [7, 11) is 1.57. The minimum absolute atomic E-state index is 0.503. The highest BCUT2D eigenvalue weighted by molar-refractivity contribution is 9.10. The van der Waals surface area contributed by atoms with Crippen LogP contribution in [0.4, 0.5) is 5.82 Å². The van der Waals surface area contributed by atoms with E-state index in [9.17, 15) is 0 Å². The fraction of sp³-hybridized carbons (Fsp3) is 0.0833. The van der Waals surface area contributed by atoms with Crippen LogP contribution in [0, 0.1) is 0 Å². The molecule has 2 N–H and O–H groups in total. The summed E-state index contributed by atoms with van der Waals surface area (Å²) in [6.07, 6.45) is 0. The van der Waals surface area contributed by atoms with E-state index < -0.39 is 0 Å². The van der Waals surface area contributed by atoms with Gasteiger partial charge < -0.3 is 10.5 Å². The van der Waals surface area contributed by atoms with Crippen LogP contribution in [0.25, 0.3) is 17.2 Å². The number of nitrogens with zero attached hydrogens (tertiary/aromatic N) is 4. The van der Waals surface area contributed by atoms with E-state index >= 15 is 0 Å². The van der Waals surface area contributed by atoms with Crippen molar-refractivity contribution in [3.8, 4) is 17.4 Å². The van der Waals surface area contributed by atoms with Crippen LogP contribution in [-0.2, 0) is 0 Å². The Morgan fingerprint density at radius 2 is 2.11 bits per heavy atom. The van der Waals surface area contributed by atoms with Gasteiger partial charge in [-0.15, -0.1) is 5.10 Å². The molecule has 3 rings (SSSR count). The van der Waals surface area contributed by atoms with Gasteiger partial charge in [-0.1, -0.05) is 22.0 Å². The first-order chi connectivity index (χ1) is 9.17. The average molecular weight is 320 g/mol. The zero-order valence-electron chi connectivity index (χ0n) is 10.0. The number of nitrogen functional groups attached to an aromatic ring is 1. The number of hydrogen-bond donors (Lipinski definition) is 1. The Hall–Kier alpha value is -2.15. The van der Waals surface area contributed by atoms with Gasteiger partial charge in [0.2, 0.25) is 11.7 Å². The van der Waals surface area contributed by atoms with Crippen LogP contribution >= 0.6 is 15.9 Å². The third-order valence-corrected chi connectivity index (χ3v) is 3.05. The van der Waals surface area contributed by atoms with Crippen molar-refractivity contribution >= 4 is 27.4 Å². The first kappa shape index (κ1) is 11.9. The zero-order valence-corrected chi connectivity index (χ0v) is 11.6. The van der Waals surface area contributed by atoms with Crippen LogP contribution in [0.15, 0.2) is 34.8 Å². The van der Waals surface area contributed by atoms with Gasteiger partial charge in [0.05, 0.1) is 7.11 Å². The van der Waals surface area contributed by atoms with Gasteiger partial charge in [-0.05, 0) is 18.2 Å². The maximum absolute atomic E-state index is 5.89. The van der Waals surface area contributed by atoms with Crippen molar-refractivity contribution in [2.24, 2.45) is 0 Å². The molecule has 0 bridgehead atoms. The van der Waals surface area contributed by atoms with Gasteiger partial charge in [0, 0.05) is 10.5 Å². The summed E-state index contributed by atoms with van der Waals surface area (Å²) in [6, 6.07) is 9.04. The van der Waals surface area contributed by atoms with Gasteiger partial charge in [0.1, 0.15) is 11.5 Å². The lowest BCUT2D eigenvalue weighted by molar-refractivity contribution is 0.398. The fourth-order valence-electron chi connectivity index (χ4n) is 1.74. The second kappa shape index (κ2) is 4.51. The number of anilines is 1. The van der Waals surface area contributed by atoms with E-state index in [1.165, 1.54) is 0 Å². The number of methoxy groups -OCH3 is 1. The highest BCUT2D eigenvalue weighted by atomic mass is 79.9. The summed E-state index contributed by atoms with van der Waals surface area (Å²) in [5, 5.41) is 4.34. The van der Waals surface area contributed by atoms with Gasteiger partial charge in [0.15, 0.2) is 5.65 Å². The normalized spacial score (nSPS) is 10.8. The summed E-state index contributed by atoms with van der Waals surface area (Å²) < 4.78 is 7.51. The lowest BCUT2D eigenvalue weighted by Crippen LogP contribution is -1.98. The van der Waals surface area contributed by atoms with Gasteiger partial charge >= 0.3 is 0 Å². The number of nitrogens with two attached hydrogens (primary N) is 1. The molecule has 0 aliphatic rings. The second-order valence-corrected chi connectivity index (χ2v) is 4.78. The molecule has 0 saturated heterocycles. The third kappa shape index (κ3) is 2.12. The maximum Gasteiger partial charge on any atom is 0.213 e. The first-order valence-electron chi connectivity index (χ1n) is 5.50. The van der Waals surface area contributed by atoms with Crippen molar-refractivity contribution in [2.45, 2.75) is 0 Å². The van der Waals surface area contributed by atoms with Gasteiger partial charge in [-0.3, -0.25) is 0 Å². The van der Waals surface area contributed by atoms with Gasteiger partial charge in [-0.25, -0.2) is 9.97 Å². The first-order valence-corrected chi connectivity index (χ1v) is 6.30. The van der Waals surface area contributed by atoms with Crippen molar-refractivity contribution in [1.82, 2.24) is 19.6 Å². The van der Waals surface area contributed by atoms with Crippen molar-refractivity contribution in [3.05, 3.63) is 34.8 Å². The summed E-state index contributed by atoms with van der Waals surface area (Å²) in [5.74, 6) is 1.53. The summed E-state index contributed by atoms with van der Waals surface area (Å²) in [5.41, 5.74) is 7.19. The molecule has 7 heteroatoms. The Morgan fingerprint density at radius 3 is 2.89 bits per heavy atom. The Labute approximate surface area is 117 Å². The minimum atomic E-state index is 0.503. The van der Waals surface area contributed by atoms with E-state index in [2.05, 4.69) is 31.0 Å². The zero-order chi connectivity index (χ0) is 13.4. The van der Waals surface area contributed by atoms with Crippen LogP contribution in [0.5, 0.6) is 5.88 Å². The molecule has 6 nitrogen and oxygen atoms in total. The number of aromatic nitrogens is 4. The Morgan fingerprint density at radius 1 is 1.26 bits per heavy atom. The summed E-state index contributed by atoms with van der Waals surface area (Å²) in [6.45, 7) is 0. The Balaban J connectivity index is 2.17. The van der Waals surface area contributed by atoms with Crippen LogP contribution in [0.3, 0.4) is 0 Å². The molecule has 19 heavy (non-hydrogen) atoms. The molecule has 0 unspecified atom stereocenters. The number of halogens is 1. The summed E-state index contributed by atoms with van der Waals surface area (Å²) in [4.78, 5) is 8.70. The second-order valence-electron chi connectivity index (χ2n) is 3.87. The number of rotatable bonds is 2. The molecule has 0 aliphatic carbocycles. The van der Waals surface area contributed by atoms with Crippen molar-refractivity contribution in [3.63, 3.8) is 0 Å². The topological polar surface area (TPSA) is 78.3 Å². The van der Waals surface area contributed by atoms with E-state index in [1.54, 1.807) is 23.8 Å². The number of fused-ring (bicyclic) bond motifs is 1. The molecule has 0 aliphatic heterocycles.